The molecule has 1 spiro atoms. The lowest BCUT2D eigenvalue weighted by atomic mass is 9.66. The van der Waals surface area contributed by atoms with E-state index in [0.29, 0.717) is 0 Å². The van der Waals surface area contributed by atoms with Crippen molar-refractivity contribution in [3.05, 3.63) is 35.4 Å². The summed E-state index contributed by atoms with van der Waals surface area (Å²) in [6.45, 7) is 3.49. The van der Waals surface area contributed by atoms with E-state index in [4.69, 9.17) is 14.5 Å². The maximum atomic E-state index is 12.1. The highest BCUT2D eigenvalue weighted by atomic mass is 16.5. The zero-order valence-electron chi connectivity index (χ0n) is 16.3. The molecule has 8 atom stereocenters. The number of methoxy groups -OCH3 is 1. The van der Waals surface area contributed by atoms with Crippen LogP contribution in [0.25, 0.3) is 0 Å². The molecule has 6 aliphatic rings. The molecule has 6 nitrogen and oxygen atoms in total. The van der Waals surface area contributed by atoms with Gasteiger partial charge >= 0.3 is 5.97 Å². The zero-order chi connectivity index (χ0) is 19.4. The molecule has 8 unspecified atom stereocenters. The van der Waals surface area contributed by atoms with Crippen molar-refractivity contribution >= 4 is 17.4 Å². The number of ether oxygens (including phenoxy) is 2. The van der Waals surface area contributed by atoms with E-state index in [1.807, 2.05) is 25.1 Å². The van der Waals surface area contributed by atoms with Crippen molar-refractivity contribution in [3.63, 3.8) is 0 Å². The van der Waals surface area contributed by atoms with E-state index in [1.165, 1.54) is 6.92 Å². The van der Waals surface area contributed by atoms with Crippen LogP contribution < -0.4 is 4.74 Å². The summed E-state index contributed by atoms with van der Waals surface area (Å²) in [5, 5.41) is 11.1. The normalized spacial score (nSPS) is 45.1. The van der Waals surface area contributed by atoms with Crippen molar-refractivity contribution in [2.24, 2.45) is 16.8 Å². The summed E-state index contributed by atoms with van der Waals surface area (Å²) in [6.07, 6.45) is 2.98. The lowest BCUT2D eigenvalue weighted by Crippen LogP contribution is -2.68. The number of hydrogen-bond donors (Lipinski definition) is 1. The van der Waals surface area contributed by atoms with Gasteiger partial charge in [0.05, 0.1) is 30.0 Å². The molecular formula is C22H24N2O4. The van der Waals surface area contributed by atoms with Crippen molar-refractivity contribution < 1.29 is 19.4 Å². The number of aliphatic imine (C=N–C) groups is 1. The van der Waals surface area contributed by atoms with Crippen LogP contribution >= 0.6 is 0 Å². The number of rotatable bonds is 2. The Labute approximate surface area is 163 Å². The van der Waals surface area contributed by atoms with Crippen LogP contribution in [0.3, 0.4) is 0 Å². The number of carbonyl (C=O) groups excluding carboxylic acids is 1. The number of hydrogen-bond acceptors (Lipinski definition) is 6. The molecule has 1 aromatic rings. The Morgan fingerprint density at radius 3 is 2.96 bits per heavy atom. The van der Waals surface area contributed by atoms with Crippen molar-refractivity contribution in [2.75, 3.05) is 7.11 Å². The maximum absolute atomic E-state index is 12.1. The van der Waals surface area contributed by atoms with Crippen LogP contribution in [-0.4, -0.2) is 53.2 Å². The van der Waals surface area contributed by atoms with E-state index in [0.717, 1.165) is 41.1 Å². The molecule has 0 radical (unpaired) electrons. The third-order valence-corrected chi connectivity index (χ3v) is 7.83. The number of esters is 1. The second-order valence-electron chi connectivity index (χ2n) is 8.70. The summed E-state index contributed by atoms with van der Waals surface area (Å²) in [5.41, 5.74) is 3.79. The largest absolute Gasteiger partial charge is 0.497 e. The minimum absolute atomic E-state index is 0.0950. The van der Waals surface area contributed by atoms with Crippen LogP contribution in [0.1, 0.15) is 32.3 Å². The van der Waals surface area contributed by atoms with Crippen molar-refractivity contribution in [2.45, 2.75) is 56.5 Å². The molecule has 0 aromatic heterocycles. The fourth-order valence-corrected chi connectivity index (χ4v) is 7.04. The van der Waals surface area contributed by atoms with E-state index in [-0.39, 0.29) is 36.0 Å². The molecule has 0 amide bonds. The molecule has 5 fully saturated rings. The third-order valence-electron chi connectivity index (χ3n) is 7.83. The van der Waals surface area contributed by atoms with Gasteiger partial charge in [-0.2, -0.15) is 0 Å². The Morgan fingerprint density at radius 1 is 1.43 bits per heavy atom. The Balaban J connectivity index is 1.61. The van der Waals surface area contributed by atoms with E-state index in [1.54, 1.807) is 7.11 Å². The molecule has 28 heavy (non-hydrogen) atoms. The average Bonchev–Trinajstić information content (AvgIpc) is 3.14. The van der Waals surface area contributed by atoms with Gasteiger partial charge in [-0.05, 0) is 55.0 Å². The van der Waals surface area contributed by atoms with E-state index in [2.05, 4.69) is 11.0 Å². The van der Waals surface area contributed by atoms with Gasteiger partial charge in [-0.3, -0.25) is 14.7 Å². The number of piperidine rings is 4. The molecule has 1 aromatic carbocycles. The zero-order valence-corrected chi connectivity index (χ0v) is 16.3. The highest BCUT2D eigenvalue weighted by Crippen LogP contribution is 2.67. The molecule has 5 bridgehead atoms. The minimum atomic E-state index is -0.565. The summed E-state index contributed by atoms with van der Waals surface area (Å²) in [6, 6.07) is 6.29. The molecule has 5 aliphatic heterocycles. The van der Waals surface area contributed by atoms with Gasteiger partial charge in [-0.1, -0.05) is 6.08 Å². The second kappa shape index (κ2) is 5.24. The van der Waals surface area contributed by atoms with Gasteiger partial charge in [0.25, 0.3) is 0 Å². The van der Waals surface area contributed by atoms with Gasteiger partial charge in [0, 0.05) is 18.9 Å². The summed E-state index contributed by atoms with van der Waals surface area (Å²) in [5.74, 6) is 0.954. The fourth-order valence-electron chi connectivity index (χ4n) is 7.04. The van der Waals surface area contributed by atoms with Gasteiger partial charge in [0.2, 0.25) is 0 Å². The van der Waals surface area contributed by atoms with Crippen molar-refractivity contribution in [1.82, 2.24) is 4.90 Å². The molecule has 7 rings (SSSR count). The Hall–Kier alpha value is -2.18. The van der Waals surface area contributed by atoms with Gasteiger partial charge in [-0.15, -0.1) is 0 Å². The average molecular weight is 380 g/mol. The van der Waals surface area contributed by atoms with Gasteiger partial charge in [-0.25, -0.2) is 0 Å². The van der Waals surface area contributed by atoms with Crippen LogP contribution in [0, 0.1) is 11.8 Å². The summed E-state index contributed by atoms with van der Waals surface area (Å²) in [7, 11) is 1.67. The standard InChI is InChI=1S/C22H24N2O4/c1-4-12-13-8-16-19-22(14-7-11(27-3)5-6-15(14)23-19)9-17(24(16)21(12)26)18(13)20(22)28-10(2)25/h4-7,13,16-18,20-21,26H,8-9H2,1-3H3/b12-4+. The molecule has 6 heteroatoms. The number of nitrogens with zero attached hydrogens (tertiary/aromatic N) is 2. The number of allylic oxidation sites excluding steroid dienone is 1. The van der Waals surface area contributed by atoms with Crippen molar-refractivity contribution in [3.8, 4) is 5.75 Å². The highest BCUT2D eigenvalue weighted by molar-refractivity contribution is 6.08. The number of carbonyl (C=O) groups is 1. The third kappa shape index (κ3) is 1.68. The monoisotopic (exact) mass is 380 g/mol. The van der Waals surface area contributed by atoms with Crippen LogP contribution in [0.2, 0.25) is 0 Å². The molecule has 4 saturated heterocycles. The first-order chi connectivity index (χ1) is 13.5. The lowest BCUT2D eigenvalue weighted by Gasteiger charge is -2.58. The van der Waals surface area contributed by atoms with Crippen molar-refractivity contribution in [1.29, 1.82) is 0 Å². The van der Waals surface area contributed by atoms with E-state index < -0.39 is 11.6 Å². The Kier molecular flexibility index (Phi) is 3.14. The molecular weight excluding hydrogens is 356 g/mol. The summed E-state index contributed by atoms with van der Waals surface area (Å²) in [4.78, 5) is 19.4. The van der Waals surface area contributed by atoms with Crippen LogP contribution in [0.4, 0.5) is 5.69 Å². The summed E-state index contributed by atoms with van der Waals surface area (Å²) >= 11 is 0. The Bertz CT molecular complexity index is 969. The van der Waals surface area contributed by atoms with E-state index >= 15 is 0 Å². The van der Waals surface area contributed by atoms with Gasteiger partial charge in [0.1, 0.15) is 18.1 Å². The molecule has 1 saturated carbocycles. The number of benzene rings is 1. The first-order valence-electron chi connectivity index (χ1n) is 10.1. The fraction of sp³-hybridized carbons (Fsp3) is 0.545. The maximum Gasteiger partial charge on any atom is 0.302 e. The lowest BCUT2D eigenvalue weighted by molar-refractivity contribution is -0.156. The highest BCUT2D eigenvalue weighted by Gasteiger charge is 2.75. The van der Waals surface area contributed by atoms with Crippen LogP contribution in [0.15, 0.2) is 34.8 Å². The molecule has 5 heterocycles. The van der Waals surface area contributed by atoms with Crippen LogP contribution in [0.5, 0.6) is 5.75 Å². The van der Waals surface area contributed by atoms with Gasteiger partial charge in [0.15, 0.2) is 0 Å². The number of fused-ring (bicyclic) bond motifs is 2. The summed E-state index contributed by atoms with van der Waals surface area (Å²) < 4.78 is 11.6. The second-order valence-corrected chi connectivity index (χ2v) is 8.70. The van der Waals surface area contributed by atoms with Crippen LogP contribution in [-0.2, 0) is 14.9 Å². The number of aliphatic hydroxyl groups is 1. The predicted octanol–water partition coefficient (Wildman–Crippen LogP) is 2.32. The quantitative estimate of drug-likeness (QED) is 0.630. The molecule has 146 valence electrons. The topological polar surface area (TPSA) is 71.4 Å². The smallest absolute Gasteiger partial charge is 0.302 e. The van der Waals surface area contributed by atoms with Gasteiger partial charge < -0.3 is 14.6 Å². The first-order valence-corrected chi connectivity index (χ1v) is 10.1. The minimum Gasteiger partial charge on any atom is -0.497 e. The SMILES string of the molecule is C/C=C1\C2CC3C4=Nc5ccc(OC)cc5C45CC(C2C5OC(C)=O)N3C1O. The molecule has 1 N–H and O–H groups in total. The Morgan fingerprint density at radius 2 is 2.25 bits per heavy atom. The first kappa shape index (κ1) is 16.7. The predicted molar refractivity (Wildman–Crippen MR) is 103 cm³/mol. The number of aliphatic hydroxyl groups excluding tert-OH is 1. The molecule has 1 aliphatic carbocycles. The van der Waals surface area contributed by atoms with E-state index in [9.17, 15) is 9.90 Å².